The number of aryl methyl sites for hydroxylation is 1. The number of methoxy groups -OCH3 is 1. The van der Waals surface area contributed by atoms with E-state index in [9.17, 15) is 4.79 Å². The molecule has 0 atom stereocenters. The van der Waals surface area contributed by atoms with E-state index in [0.29, 0.717) is 11.1 Å². The Morgan fingerprint density at radius 3 is 2.40 bits per heavy atom. The van der Waals surface area contributed by atoms with Gasteiger partial charge in [-0.3, -0.25) is 4.79 Å². The van der Waals surface area contributed by atoms with Gasteiger partial charge in [-0.05, 0) is 45.2 Å². The first-order valence-corrected chi connectivity index (χ1v) is 8.27. The Kier molecular flexibility index (Phi) is 4.43. The molecule has 1 aliphatic rings. The maximum absolute atomic E-state index is 12.4. The maximum Gasteiger partial charge on any atom is 0.498 e. The summed E-state index contributed by atoms with van der Waals surface area (Å²) in [6.07, 6.45) is 1.74. The highest BCUT2D eigenvalue weighted by Crippen LogP contribution is 2.37. The largest absolute Gasteiger partial charge is 0.498 e. The maximum atomic E-state index is 12.4. The van der Waals surface area contributed by atoms with Crippen LogP contribution in [0.3, 0.4) is 0 Å². The van der Waals surface area contributed by atoms with Gasteiger partial charge in [0, 0.05) is 25.8 Å². The van der Waals surface area contributed by atoms with E-state index in [1.165, 1.54) is 4.57 Å². The normalized spacial score (nSPS) is 18.7. The van der Waals surface area contributed by atoms with Crippen LogP contribution in [0, 0.1) is 0 Å². The monoisotopic (exact) mass is 345 g/mol. The summed E-state index contributed by atoms with van der Waals surface area (Å²) >= 11 is 0. The summed E-state index contributed by atoms with van der Waals surface area (Å²) in [5.41, 5.74) is -0.257. The van der Waals surface area contributed by atoms with Crippen molar-refractivity contribution in [2.24, 2.45) is 7.05 Å². The molecule has 1 aliphatic heterocycles. The van der Waals surface area contributed by atoms with E-state index in [4.69, 9.17) is 18.8 Å². The number of pyridine rings is 1. The summed E-state index contributed by atoms with van der Waals surface area (Å²) in [5, 5.41) is 1.40. The smallest absolute Gasteiger partial charge is 0.468 e. The van der Waals surface area contributed by atoms with Gasteiger partial charge >= 0.3 is 7.12 Å². The minimum atomic E-state index is -0.578. The minimum absolute atomic E-state index is 0.0746. The molecule has 2 heterocycles. The highest BCUT2D eigenvalue weighted by molar-refractivity contribution is 6.63. The Bertz CT molecular complexity index is 842. The van der Waals surface area contributed by atoms with Gasteiger partial charge in [0.2, 0.25) is 0 Å². The van der Waals surface area contributed by atoms with Gasteiger partial charge < -0.3 is 23.3 Å². The lowest BCUT2D eigenvalue weighted by atomic mass is 9.77. The van der Waals surface area contributed by atoms with Crippen molar-refractivity contribution >= 4 is 23.4 Å². The Labute approximate surface area is 147 Å². The van der Waals surface area contributed by atoms with Crippen molar-refractivity contribution in [3.63, 3.8) is 0 Å². The van der Waals surface area contributed by atoms with Gasteiger partial charge in [-0.25, -0.2) is 0 Å². The van der Waals surface area contributed by atoms with E-state index in [1.807, 2.05) is 39.8 Å². The fourth-order valence-electron chi connectivity index (χ4n) is 2.79. The van der Waals surface area contributed by atoms with Crippen LogP contribution in [0.5, 0.6) is 5.75 Å². The predicted molar refractivity (Wildman–Crippen MR) is 97.4 cm³/mol. The van der Waals surface area contributed by atoms with Gasteiger partial charge in [0.25, 0.3) is 5.56 Å². The van der Waals surface area contributed by atoms with E-state index < -0.39 is 18.3 Å². The predicted octanol–water partition coefficient (Wildman–Crippen LogP) is 1.82. The van der Waals surface area contributed by atoms with Crippen molar-refractivity contribution in [1.29, 1.82) is 0 Å². The van der Waals surface area contributed by atoms with Gasteiger partial charge in [0.1, 0.15) is 5.75 Å². The Balaban J connectivity index is 2.13. The van der Waals surface area contributed by atoms with Gasteiger partial charge in [-0.1, -0.05) is 6.07 Å². The zero-order valence-electron chi connectivity index (χ0n) is 15.6. The van der Waals surface area contributed by atoms with Crippen molar-refractivity contribution < 1.29 is 18.8 Å². The minimum Gasteiger partial charge on any atom is -0.468 e. The summed E-state index contributed by atoms with van der Waals surface area (Å²) in [6, 6.07) is 5.52. The lowest BCUT2D eigenvalue weighted by Gasteiger charge is -2.32. The number of fused-ring (bicyclic) bond motifs is 1. The van der Waals surface area contributed by atoms with Gasteiger partial charge in [-0.2, -0.15) is 0 Å². The molecule has 1 saturated heterocycles. The molecular weight excluding hydrogens is 321 g/mol. The summed E-state index contributed by atoms with van der Waals surface area (Å²) in [6.45, 7) is 8.07. The summed E-state index contributed by atoms with van der Waals surface area (Å²) in [4.78, 5) is 12.4. The van der Waals surface area contributed by atoms with Crippen LogP contribution in [-0.4, -0.2) is 36.8 Å². The first kappa shape index (κ1) is 18.0. The topological polar surface area (TPSA) is 58.9 Å². The number of nitrogens with zero attached hydrogens (tertiary/aromatic N) is 1. The van der Waals surface area contributed by atoms with Gasteiger partial charge in [-0.15, -0.1) is 0 Å². The molecule has 0 amide bonds. The van der Waals surface area contributed by atoms with Crippen molar-refractivity contribution in [3.8, 4) is 5.75 Å². The quantitative estimate of drug-likeness (QED) is 0.625. The zero-order chi connectivity index (χ0) is 18.4. The lowest BCUT2D eigenvalue weighted by Crippen LogP contribution is -2.41. The Hall–Kier alpha value is -1.83. The first-order valence-electron chi connectivity index (χ1n) is 8.27. The number of aromatic nitrogens is 1. The van der Waals surface area contributed by atoms with Crippen molar-refractivity contribution in [2.75, 3.05) is 13.9 Å². The van der Waals surface area contributed by atoms with Crippen LogP contribution in [0.25, 0.3) is 10.8 Å². The third-order valence-corrected chi connectivity index (χ3v) is 5.05. The molecule has 2 aromatic rings. The number of rotatable bonds is 4. The van der Waals surface area contributed by atoms with E-state index in [0.717, 1.165) is 10.8 Å². The SMILES string of the molecule is COCOc1cc2c(=O)n(C)ccc2cc1B1OC(C)(C)C(C)(C)O1. The van der Waals surface area contributed by atoms with Crippen LogP contribution in [-0.2, 0) is 21.1 Å². The molecule has 1 aromatic heterocycles. The fourth-order valence-corrected chi connectivity index (χ4v) is 2.79. The number of ether oxygens (including phenoxy) is 2. The number of hydrogen-bond donors (Lipinski definition) is 0. The molecule has 0 unspecified atom stereocenters. The lowest BCUT2D eigenvalue weighted by molar-refractivity contribution is 0.00578. The molecule has 0 saturated carbocycles. The molecule has 1 fully saturated rings. The van der Waals surface area contributed by atoms with Crippen molar-refractivity contribution in [3.05, 3.63) is 34.7 Å². The van der Waals surface area contributed by atoms with E-state index >= 15 is 0 Å². The Morgan fingerprint density at radius 1 is 1.16 bits per heavy atom. The molecule has 134 valence electrons. The second-order valence-corrected chi connectivity index (χ2v) is 7.35. The molecule has 1 aromatic carbocycles. The Morgan fingerprint density at radius 2 is 1.80 bits per heavy atom. The van der Waals surface area contributed by atoms with Crippen LogP contribution < -0.4 is 15.8 Å². The molecule has 0 aliphatic carbocycles. The average molecular weight is 345 g/mol. The van der Waals surface area contributed by atoms with Crippen molar-refractivity contribution in [1.82, 2.24) is 4.57 Å². The molecule has 3 rings (SSSR count). The van der Waals surface area contributed by atoms with Crippen molar-refractivity contribution in [2.45, 2.75) is 38.9 Å². The third kappa shape index (κ3) is 3.08. The van der Waals surface area contributed by atoms with Gasteiger partial charge in [0.15, 0.2) is 6.79 Å². The van der Waals surface area contributed by atoms with Crippen LogP contribution in [0.15, 0.2) is 29.2 Å². The highest BCUT2D eigenvalue weighted by Gasteiger charge is 2.52. The van der Waals surface area contributed by atoms with E-state index in [1.54, 1.807) is 26.4 Å². The summed E-state index contributed by atoms with van der Waals surface area (Å²) in [7, 11) is 2.69. The van der Waals surface area contributed by atoms with E-state index in [-0.39, 0.29) is 12.4 Å². The summed E-state index contributed by atoms with van der Waals surface area (Å²) < 4.78 is 24.6. The second-order valence-electron chi connectivity index (χ2n) is 7.35. The number of benzene rings is 1. The molecule has 7 heteroatoms. The number of hydrogen-bond acceptors (Lipinski definition) is 5. The molecule has 0 bridgehead atoms. The molecule has 6 nitrogen and oxygen atoms in total. The van der Waals surface area contributed by atoms with Crippen LogP contribution in [0.4, 0.5) is 0 Å². The highest BCUT2D eigenvalue weighted by atomic mass is 16.7. The molecule has 0 N–H and O–H groups in total. The fraction of sp³-hybridized carbons (Fsp3) is 0.500. The molecule has 25 heavy (non-hydrogen) atoms. The third-order valence-electron chi connectivity index (χ3n) is 5.05. The van der Waals surface area contributed by atoms with Crippen LogP contribution in [0.1, 0.15) is 27.7 Å². The molecule has 0 radical (unpaired) electrons. The second kappa shape index (κ2) is 6.16. The first-order chi connectivity index (χ1) is 11.7. The standard InChI is InChI=1S/C18H24BNO5/c1-17(2)18(3,4)25-19(24-17)14-9-12-7-8-20(5)16(21)13(12)10-15(14)23-11-22-6/h7-10H,11H2,1-6H3. The molecule has 0 spiro atoms. The van der Waals surface area contributed by atoms with Gasteiger partial charge in [0.05, 0.1) is 16.6 Å². The van der Waals surface area contributed by atoms with Crippen LogP contribution >= 0.6 is 0 Å². The molecular formula is C18H24BNO5. The summed E-state index contributed by atoms with van der Waals surface area (Å²) in [5.74, 6) is 0.524. The zero-order valence-corrected chi connectivity index (χ0v) is 15.6. The van der Waals surface area contributed by atoms with Crippen LogP contribution in [0.2, 0.25) is 0 Å². The van der Waals surface area contributed by atoms with E-state index in [2.05, 4.69) is 0 Å². The average Bonchev–Trinajstić information content (AvgIpc) is 2.76.